The molecule has 0 radical (unpaired) electrons. The van der Waals surface area contributed by atoms with Crippen LogP contribution in [0.25, 0.3) is 0 Å². The van der Waals surface area contributed by atoms with Crippen molar-refractivity contribution in [1.29, 1.82) is 0 Å². The molecule has 2 heterocycles. The number of hydrogen-bond acceptors (Lipinski definition) is 3. The molecule has 1 atom stereocenters. The fourth-order valence-corrected chi connectivity index (χ4v) is 3.65. The number of amides is 1. The van der Waals surface area contributed by atoms with Gasteiger partial charge in [-0.15, -0.1) is 0 Å². The molecule has 1 aromatic carbocycles. The highest BCUT2D eigenvalue weighted by atomic mass is 16.5. The molecule has 1 amide bonds. The number of carbonyl (C=O) groups excluding carboxylic acids is 1. The van der Waals surface area contributed by atoms with Crippen LogP contribution < -0.4 is 9.47 Å². The Morgan fingerprint density at radius 3 is 3.10 bits per heavy atom. The van der Waals surface area contributed by atoms with Crippen molar-refractivity contribution in [3.05, 3.63) is 23.8 Å². The second-order valence-electron chi connectivity index (χ2n) is 6.03. The third-order valence-corrected chi connectivity index (χ3v) is 4.67. The van der Waals surface area contributed by atoms with Gasteiger partial charge in [0, 0.05) is 24.9 Å². The predicted molar refractivity (Wildman–Crippen MR) is 80.8 cm³/mol. The Bertz CT molecular complexity index is 529. The summed E-state index contributed by atoms with van der Waals surface area (Å²) in [6, 6.07) is 5.90. The van der Waals surface area contributed by atoms with E-state index in [2.05, 4.69) is 11.8 Å². The van der Waals surface area contributed by atoms with Crippen molar-refractivity contribution in [2.75, 3.05) is 20.3 Å². The molecule has 0 aromatic heterocycles. The molecule has 1 fully saturated rings. The fraction of sp³-hybridized carbons (Fsp3) is 0.588. The van der Waals surface area contributed by atoms with Crippen molar-refractivity contribution in [1.82, 2.24) is 4.90 Å². The highest BCUT2D eigenvalue weighted by Gasteiger charge is 2.47. The Morgan fingerprint density at radius 1 is 1.48 bits per heavy atom. The normalized spacial score (nSPS) is 23.8. The van der Waals surface area contributed by atoms with Gasteiger partial charge in [0.25, 0.3) is 0 Å². The quantitative estimate of drug-likeness (QED) is 0.859. The molecule has 0 saturated carbocycles. The second-order valence-corrected chi connectivity index (χ2v) is 6.03. The van der Waals surface area contributed by atoms with Gasteiger partial charge in [-0.2, -0.15) is 0 Å². The number of benzene rings is 1. The van der Waals surface area contributed by atoms with Gasteiger partial charge in [-0.05, 0) is 31.4 Å². The molecular weight excluding hydrogens is 266 g/mol. The van der Waals surface area contributed by atoms with Gasteiger partial charge in [0.2, 0.25) is 5.91 Å². The topological polar surface area (TPSA) is 38.8 Å². The largest absolute Gasteiger partial charge is 0.496 e. The lowest BCUT2D eigenvalue weighted by Gasteiger charge is -2.42. The standard InChI is InChI=1S/C17H23NO3/c1-3-6-16(19)18-10-5-9-17(18)11-13-14(20-2)7-4-8-15(13)21-12-17/h4,7-8H,3,5-6,9-12H2,1-2H3. The van der Waals surface area contributed by atoms with E-state index in [4.69, 9.17) is 9.47 Å². The van der Waals surface area contributed by atoms with Crippen LogP contribution in [0.2, 0.25) is 0 Å². The van der Waals surface area contributed by atoms with Gasteiger partial charge in [0.15, 0.2) is 0 Å². The van der Waals surface area contributed by atoms with Crippen molar-refractivity contribution >= 4 is 5.91 Å². The SMILES string of the molecule is CCCC(=O)N1CCCC12COc1cccc(OC)c1C2. The first-order valence-corrected chi connectivity index (χ1v) is 7.79. The zero-order chi connectivity index (χ0) is 14.9. The number of rotatable bonds is 3. The molecule has 1 aromatic rings. The van der Waals surface area contributed by atoms with Crippen LogP contribution in [0.3, 0.4) is 0 Å². The number of ether oxygens (including phenoxy) is 2. The van der Waals surface area contributed by atoms with Crippen LogP contribution in [0.1, 0.15) is 38.2 Å². The smallest absolute Gasteiger partial charge is 0.223 e. The maximum absolute atomic E-state index is 12.4. The van der Waals surface area contributed by atoms with Crippen LogP contribution in [0.5, 0.6) is 11.5 Å². The summed E-state index contributed by atoms with van der Waals surface area (Å²) in [4.78, 5) is 14.5. The van der Waals surface area contributed by atoms with Crippen molar-refractivity contribution in [3.8, 4) is 11.5 Å². The number of likely N-dealkylation sites (tertiary alicyclic amines) is 1. The van der Waals surface area contributed by atoms with E-state index in [1.165, 1.54) is 0 Å². The average molecular weight is 289 g/mol. The highest BCUT2D eigenvalue weighted by Crippen LogP contribution is 2.42. The fourth-order valence-electron chi connectivity index (χ4n) is 3.65. The summed E-state index contributed by atoms with van der Waals surface area (Å²) in [6.45, 7) is 3.51. The maximum Gasteiger partial charge on any atom is 0.223 e. The lowest BCUT2D eigenvalue weighted by molar-refractivity contribution is -0.137. The number of fused-ring (bicyclic) bond motifs is 1. The monoisotopic (exact) mass is 289 g/mol. The molecule has 4 heteroatoms. The summed E-state index contributed by atoms with van der Waals surface area (Å²) >= 11 is 0. The molecule has 1 unspecified atom stereocenters. The molecule has 2 aliphatic heterocycles. The zero-order valence-electron chi connectivity index (χ0n) is 12.9. The summed E-state index contributed by atoms with van der Waals surface area (Å²) in [6.07, 6.45) is 4.43. The van der Waals surface area contributed by atoms with E-state index in [-0.39, 0.29) is 11.4 Å². The van der Waals surface area contributed by atoms with Gasteiger partial charge in [-0.1, -0.05) is 13.0 Å². The summed E-state index contributed by atoms with van der Waals surface area (Å²) < 4.78 is 11.5. The van der Waals surface area contributed by atoms with E-state index >= 15 is 0 Å². The number of carbonyl (C=O) groups is 1. The van der Waals surface area contributed by atoms with Gasteiger partial charge in [0.05, 0.1) is 12.6 Å². The minimum atomic E-state index is -0.173. The van der Waals surface area contributed by atoms with E-state index in [9.17, 15) is 4.79 Å². The molecule has 0 aliphatic carbocycles. The third kappa shape index (κ3) is 2.37. The summed E-state index contributed by atoms with van der Waals surface area (Å²) in [5.74, 6) is 2.02. The van der Waals surface area contributed by atoms with Gasteiger partial charge in [-0.3, -0.25) is 4.79 Å². The van der Waals surface area contributed by atoms with E-state index in [0.717, 1.165) is 49.3 Å². The van der Waals surface area contributed by atoms with Crippen molar-refractivity contribution < 1.29 is 14.3 Å². The Morgan fingerprint density at radius 2 is 2.33 bits per heavy atom. The van der Waals surface area contributed by atoms with Crippen LogP contribution in [0.4, 0.5) is 0 Å². The van der Waals surface area contributed by atoms with E-state index in [0.29, 0.717) is 13.0 Å². The maximum atomic E-state index is 12.4. The molecule has 0 bridgehead atoms. The van der Waals surface area contributed by atoms with Gasteiger partial charge in [-0.25, -0.2) is 0 Å². The minimum absolute atomic E-state index is 0.173. The molecular formula is C17H23NO3. The third-order valence-electron chi connectivity index (χ3n) is 4.67. The van der Waals surface area contributed by atoms with Crippen LogP contribution in [0, 0.1) is 0 Å². The van der Waals surface area contributed by atoms with Gasteiger partial charge >= 0.3 is 0 Å². The molecule has 1 spiro atoms. The Labute approximate surface area is 126 Å². The molecule has 0 N–H and O–H groups in total. The molecule has 114 valence electrons. The van der Waals surface area contributed by atoms with Crippen molar-refractivity contribution in [2.24, 2.45) is 0 Å². The zero-order valence-corrected chi connectivity index (χ0v) is 12.9. The minimum Gasteiger partial charge on any atom is -0.496 e. The Balaban J connectivity index is 1.91. The van der Waals surface area contributed by atoms with Crippen LogP contribution >= 0.6 is 0 Å². The molecule has 3 rings (SSSR count). The van der Waals surface area contributed by atoms with Crippen LogP contribution in [-0.4, -0.2) is 36.6 Å². The Kier molecular flexibility index (Phi) is 3.79. The van der Waals surface area contributed by atoms with E-state index in [1.807, 2.05) is 18.2 Å². The summed E-state index contributed by atoms with van der Waals surface area (Å²) in [5, 5.41) is 0. The molecule has 4 nitrogen and oxygen atoms in total. The average Bonchev–Trinajstić information content (AvgIpc) is 2.90. The van der Waals surface area contributed by atoms with Crippen LogP contribution in [0.15, 0.2) is 18.2 Å². The van der Waals surface area contributed by atoms with Crippen molar-refractivity contribution in [3.63, 3.8) is 0 Å². The Hall–Kier alpha value is -1.71. The summed E-state index contributed by atoms with van der Waals surface area (Å²) in [5.41, 5.74) is 0.927. The molecule has 2 aliphatic rings. The lowest BCUT2D eigenvalue weighted by Crippen LogP contribution is -2.54. The van der Waals surface area contributed by atoms with Gasteiger partial charge in [0.1, 0.15) is 18.1 Å². The predicted octanol–water partition coefficient (Wildman–Crippen LogP) is 2.79. The van der Waals surface area contributed by atoms with E-state index < -0.39 is 0 Å². The number of nitrogens with zero attached hydrogens (tertiary/aromatic N) is 1. The summed E-state index contributed by atoms with van der Waals surface area (Å²) in [7, 11) is 1.69. The molecule has 1 saturated heterocycles. The first-order chi connectivity index (χ1) is 10.2. The first kappa shape index (κ1) is 14.2. The number of methoxy groups -OCH3 is 1. The first-order valence-electron chi connectivity index (χ1n) is 7.79. The van der Waals surface area contributed by atoms with Crippen molar-refractivity contribution in [2.45, 2.75) is 44.6 Å². The van der Waals surface area contributed by atoms with Gasteiger partial charge < -0.3 is 14.4 Å². The van der Waals surface area contributed by atoms with Crippen LogP contribution in [-0.2, 0) is 11.2 Å². The number of hydrogen-bond donors (Lipinski definition) is 0. The molecule has 21 heavy (non-hydrogen) atoms. The van der Waals surface area contributed by atoms with E-state index in [1.54, 1.807) is 7.11 Å². The highest BCUT2D eigenvalue weighted by molar-refractivity contribution is 5.77. The lowest BCUT2D eigenvalue weighted by atomic mass is 9.86. The second kappa shape index (κ2) is 5.58.